The van der Waals surface area contributed by atoms with Gasteiger partial charge >= 0.3 is 0 Å². The Labute approximate surface area is 114 Å². The predicted octanol–water partition coefficient (Wildman–Crippen LogP) is -0.409. The Morgan fingerprint density at radius 2 is 1.79 bits per heavy atom. The van der Waals surface area contributed by atoms with Gasteiger partial charge in [-0.05, 0) is 13.8 Å². The summed E-state index contributed by atoms with van der Waals surface area (Å²) in [5.41, 5.74) is 0. The predicted molar refractivity (Wildman–Crippen MR) is 72.1 cm³/mol. The van der Waals surface area contributed by atoms with E-state index in [-0.39, 0.29) is 5.75 Å². The third kappa shape index (κ3) is 3.13. The average Bonchev–Trinajstić information content (AvgIpc) is 2.71. The van der Waals surface area contributed by atoms with Crippen molar-refractivity contribution in [1.82, 2.24) is 24.0 Å². The van der Waals surface area contributed by atoms with Crippen LogP contribution in [0.3, 0.4) is 0 Å². The summed E-state index contributed by atoms with van der Waals surface area (Å²) in [4.78, 5) is 2.21. The first-order chi connectivity index (χ1) is 8.94. The molecule has 0 bridgehead atoms. The van der Waals surface area contributed by atoms with Crippen LogP contribution >= 0.6 is 0 Å². The summed E-state index contributed by atoms with van der Waals surface area (Å²) in [5, 5.41) is 8.16. The minimum absolute atomic E-state index is 0.176. The van der Waals surface area contributed by atoms with Gasteiger partial charge in [-0.3, -0.25) is 4.90 Å². The molecule has 108 valence electrons. The topological polar surface area (TPSA) is 71.3 Å². The molecule has 1 saturated heterocycles. The fourth-order valence-electron chi connectivity index (χ4n) is 2.14. The molecule has 0 aromatic carbocycles. The number of piperazine rings is 1. The number of nitrogens with zero attached hydrogens (tertiary/aromatic N) is 5. The lowest BCUT2D eigenvalue weighted by molar-refractivity contribution is 0.176. The Morgan fingerprint density at radius 1 is 1.16 bits per heavy atom. The first-order valence-electron chi connectivity index (χ1n) is 6.49. The molecule has 1 aliphatic heterocycles. The molecule has 0 atom stereocenters. The van der Waals surface area contributed by atoms with Gasteiger partial charge in [0.15, 0.2) is 0 Å². The quantitative estimate of drug-likeness (QED) is 0.753. The average molecular weight is 287 g/mol. The molecule has 0 N–H and O–H groups in total. The second-order valence-electron chi connectivity index (χ2n) is 4.80. The van der Waals surface area contributed by atoms with Crippen LogP contribution in [0.1, 0.15) is 18.6 Å². The standard InChI is InChI=1S/C11H21N5O2S/c1-4-19(17,18)16-7-5-15(6-8-16)9-11-13-12-10(2)14(11)3/h4-9H2,1-3H3. The van der Waals surface area contributed by atoms with E-state index in [1.54, 1.807) is 11.2 Å². The van der Waals surface area contributed by atoms with E-state index in [0.717, 1.165) is 31.3 Å². The minimum Gasteiger partial charge on any atom is -0.317 e. The van der Waals surface area contributed by atoms with E-state index in [4.69, 9.17) is 0 Å². The van der Waals surface area contributed by atoms with Crippen molar-refractivity contribution < 1.29 is 8.42 Å². The van der Waals surface area contributed by atoms with Crippen molar-refractivity contribution in [3.63, 3.8) is 0 Å². The normalized spacial score (nSPS) is 18.9. The molecule has 0 radical (unpaired) electrons. The van der Waals surface area contributed by atoms with Crippen molar-refractivity contribution in [3.8, 4) is 0 Å². The Kier molecular flexibility index (Phi) is 4.22. The molecule has 8 heteroatoms. The first-order valence-corrected chi connectivity index (χ1v) is 8.10. The molecule has 1 aromatic heterocycles. The zero-order valence-corrected chi connectivity index (χ0v) is 12.5. The van der Waals surface area contributed by atoms with Gasteiger partial charge in [0.25, 0.3) is 0 Å². The van der Waals surface area contributed by atoms with Crippen molar-refractivity contribution >= 4 is 10.0 Å². The number of hydrogen-bond donors (Lipinski definition) is 0. The molecule has 19 heavy (non-hydrogen) atoms. The number of aromatic nitrogens is 3. The molecule has 2 heterocycles. The Morgan fingerprint density at radius 3 is 2.26 bits per heavy atom. The molecule has 1 aromatic rings. The summed E-state index contributed by atoms with van der Waals surface area (Å²) in [6.07, 6.45) is 0. The SMILES string of the molecule is CCS(=O)(=O)N1CCN(Cc2nnc(C)n2C)CC1. The van der Waals surface area contributed by atoms with E-state index in [2.05, 4.69) is 15.1 Å². The largest absolute Gasteiger partial charge is 0.317 e. The van der Waals surface area contributed by atoms with Gasteiger partial charge < -0.3 is 4.57 Å². The lowest BCUT2D eigenvalue weighted by atomic mass is 10.3. The van der Waals surface area contributed by atoms with E-state index in [9.17, 15) is 8.42 Å². The van der Waals surface area contributed by atoms with Gasteiger partial charge in [-0.1, -0.05) is 0 Å². The highest BCUT2D eigenvalue weighted by Gasteiger charge is 2.25. The lowest BCUT2D eigenvalue weighted by Crippen LogP contribution is -2.48. The van der Waals surface area contributed by atoms with Gasteiger partial charge in [0.05, 0.1) is 12.3 Å². The molecular formula is C11H21N5O2S. The first kappa shape index (κ1) is 14.4. The van der Waals surface area contributed by atoms with Crippen molar-refractivity contribution in [2.75, 3.05) is 31.9 Å². The molecule has 2 rings (SSSR count). The molecule has 0 amide bonds. The molecular weight excluding hydrogens is 266 g/mol. The highest BCUT2D eigenvalue weighted by atomic mass is 32.2. The highest BCUT2D eigenvalue weighted by molar-refractivity contribution is 7.89. The highest BCUT2D eigenvalue weighted by Crippen LogP contribution is 2.10. The molecule has 0 saturated carbocycles. The van der Waals surface area contributed by atoms with Crippen LogP contribution in [-0.4, -0.2) is 64.3 Å². The van der Waals surface area contributed by atoms with Crippen LogP contribution in [0, 0.1) is 6.92 Å². The van der Waals surface area contributed by atoms with Crippen LogP contribution in [0.15, 0.2) is 0 Å². The monoisotopic (exact) mass is 287 g/mol. The lowest BCUT2D eigenvalue weighted by Gasteiger charge is -2.33. The van der Waals surface area contributed by atoms with Crippen LogP contribution in [0.5, 0.6) is 0 Å². The number of aryl methyl sites for hydroxylation is 1. The summed E-state index contributed by atoms with van der Waals surface area (Å²) in [6.45, 7) is 6.93. The van der Waals surface area contributed by atoms with Gasteiger partial charge in [0, 0.05) is 33.2 Å². The van der Waals surface area contributed by atoms with Crippen molar-refractivity contribution in [3.05, 3.63) is 11.6 Å². The zero-order valence-electron chi connectivity index (χ0n) is 11.7. The van der Waals surface area contributed by atoms with Crippen LogP contribution in [0.4, 0.5) is 0 Å². The van der Waals surface area contributed by atoms with Crippen LogP contribution < -0.4 is 0 Å². The Bertz CT molecular complexity index is 531. The molecule has 0 unspecified atom stereocenters. The summed E-state index contributed by atoms with van der Waals surface area (Å²) in [5.74, 6) is 1.99. The summed E-state index contributed by atoms with van der Waals surface area (Å²) in [7, 11) is -1.10. The van der Waals surface area contributed by atoms with E-state index in [1.807, 2.05) is 18.5 Å². The van der Waals surface area contributed by atoms with Crippen molar-refractivity contribution in [2.24, 2.45) is 7.05 Å². The molecule has 1 aliphatic rings. The van der Waals surface area contributed by atoms with Gasteiger partial charge in [-0.25, -0.2) is 8.42 Å². The fourth-order valence-corrected chi connectivity index (χ4v) is 3.22. The molecule has 7 nitrogen and oxygen atoms in total. The minimum atomic E-state index is -3.05. The summed E-state index contributed by atoms with van der Waals surface area (Å²) < 4.78 is 27.1. The van der Waals surface area contributed by atoms with Crippen molar-refractivity contribution in [2.45, 2.75) is 20.4 Å². The maximum Gasteiger partial charge on any atom is 0.213 e. The molecule has 0 spiro atoms. The van der Waals surface area contributed by atoms with Gasteiger partial charge in [-0.15, -0.1) is 10.2 Å². The van der Waals surface area contributed by atoms with E-state index in [1.165, 1.54) is 0 Å². The Hall–Kier alpha value is -0.990. The molecule has 1 fully saturated rings. The second-order valence-corrected chi connectivity index (χ2v) is 7.06. The maximum atomic E-state index is 11.8. The Balaban J connectivity index is 1.92. The summed E-state index contributed by atoms with van der Waals surface area (Å²) >= 11 is 0. The number of rotatable bonds is 4. The van der Waals surface area contributed by atoms with Gasteiger partial charge in [-0.2, -0.15) is 4.31 Å². The van der Waals surface area contributed by atoms with Gasteiger partial charge in [0.2, 0.25) is 10.0 Å². The number of sulfonamides is 1. The third-order valence-electron chi connectivity index (χ3n) is 3.64. The van der Waals surface area contributed by atoms with Crippen LogP contribution in [-0.2, 0) is 23.6 Å². The van der Waals surface area contributed by atoms with Gasteiger partial charge in [0.1, 0.15) is 11.6 Å². The number of hydrogen-bond acceptors (Lipinski definition) is 5. The zero-order chi connectivity index (χ0) is 14.0. The maximum absolute atomic E-state index is 11.8. The van der Waals surface area contributed by atoms with E-state index >= 15 is 0 Å². The van der Waals surface area contributed by atoms with E-state index < -0.39 is 10.0 Å². The summed E-state index contributed by atoms with van der Waals surface area (Å²) in [6, 6.07) is 0. The van der Waals surface area contributed by atoms with Crippen molar-refractivity contribution in [1.29, 1.82) is 0 Å². The second kappa shape index (κ2) is 5.56. The smallest absolute Gasteiger partial charge is 0.213 e. The van der Waals surface area contributed by atoms with E-state index in [0.29, 0.717) is 13.1 Å². The molecule has 0 aliphatic carbocycles. The third-order valence-corrected chi connectivity index (χ3v) is 5.52. The van der Waals surface area contributed by atoms with Crippen LogP contribution in [0.25, 0.3) is 0 Å². The van der Waals surface area contributed by atoms with Crippen LogP contribution in [0.2, 0.25) is 0 Å². The fraction of sp³-hybridized carbons (Fsp3) is 0.818.